The molecule has 0 unspecified atom stereocenters. The number of anilines is 1. The topological polar surface area (TPSA) is 61.4 Å². The molecule has 0 aliphatic heterocycles. The van der Waals surface area contributed by atoms with E-state index in [9.17, 15) is 9.59 Å². The monoisotopic (exact) mass is 405 g/mol. The summed E-state index contributed by atoms with van der Waals surface area (Å²) in [6, 6.07) is 10.7. The summed E-state index contributed by atoms with van der Waals surface area (Å²) in [6.07, 6.45) is 0. The van der Waals surface area contributed by atoms with Gasteiger partial charge in [-0.2, -0.15) is 0 Å². The van der Waals surface area contributed by atoms with Gasteiger partial charge in [0.15, 0.2) is 0 Å². The molecule has 5 nitrogen and oxygen atoms in total. The van der Waals surface area contributed by atoms with Crippen molar-refractivity contribution < 1.29 is 9.59 Å². The highest BCUT2D eigenvalue weighted by molar-refractivity contribution is 5.79. The minimum atomic E-state index is -0.00389. The van der Waals surface area contributed by atoms with E-state index in [1.165, 1.54) is 5.69 Å². The summed E-state index contributed by atoms with van der Waals surface area (Å²) in [4.78, 5) is 24.7. The summed E-state index contributed by atoms with van der Waals surface area (Å²) in [5, 5.41) is 5.45. The number of benzene rings is 1. The fraction of sp³-hybridized carbons (Fsp3) is 0.667. The van der Waals surface area contributed by atoms with E-state index in [0.717, 1.165) is 13.1 Å². The second-order valence-corrected chi connectivity index (χ2v) is 8.92. The summed E-state index contributed by atoms with van der Waals surface area (Å²) in [7, 11) is 0. The van der Waals surface area contributed by atoms with Gasteiger partial charge < -0.3 is 15.5 Å². The Kier molecular flexibility index (Phi) is 13.8. The van der Waals surface area contributed by atoms with Crippen LogP contribution in [0.2, 0.25) is 0 Å². The first kappa shape index (κ1) is 27.0. The molecule has 0 radical (unpaired) electrons. The van der Waals surface area contributed by atoms with Gasteiger partial charge in [0.05, 0.1) is 0 Å². The molecular weight excluding hydrogens is 362 g/mol. The number of rotatable bonds is 10. The Hall–Kier alpha value is -2.04. The van der Waals surface area contributed by atoms with Gasteiger partial charge in [-0.1, -0.05) is 73.6 Å². The Labute approximate surface area is 178 Å². The van der Waals surface area contributed by atoms with Gasteiger partial charge in [-0.15, -0.1) is 0 Å². The predicted molar refractivity (Wildman–Crippen MR) is 124 cm³/mol. The van der Waals surface area contributed by atoms with Crippen molar-refractivity contribution in [2.75, 3.05) is 31.1 Å². The van der Waals surface area contributed by atoms with Gasteiger partial charge in [-0.05, 0) is 24.0 Å². The number of carbonyl (C=O) groups excluding carboxylic acids is 2. The quantitative estimate of drug-likeness (QED) is 0.569. The van der Waals surface area contributed by atoms with Crippen molar-refractivity contribution in [3.8, 4) is 0 Å². The first-order valence-corrected chi connectivity index (χ1v) is 10.9. The fourth-order valence-corrected chi connectivity index (χ4v) is 2.59. The van der Waals surface area contributed by atoms with E-state index >= 15 is 0 Å². The zero-order valence-electron chi connectivity index (χ0n) is 19.8. The molecule has 0 atom stereocenters. The molecule has 0 heterocycles. The van der Waals surface area contributed by atoms with E-state index in [2.05, 4.69) is 73.6 Å². The molecule has 1 aromatic rings. The number of nitrogens with zero attached hydrogens (tertiary/aromatic N) is 1. The van der Waals surface area contributed by atoms with E-state index in [1.807, 2.05) is 27.7 Å². The minimum absolute atomic E-state index is 0.00389. The van der Waals surface area contributed by atoms with Crippen molar-refractivity contribution in [2.24, 2.45) is 23.7 Å². The number of hydrogen-bond donors (Lipinski definition) is 2. The highest BCUT2D eigenvalue weighted by Gasteiger charge is 2.09. The van der Waals surface area contributed by atoms with Gasteiger partial charge in [0, 0.05) is 43.7 Å². The predicted octanol–water partition coefficient (Wildman–Crippen LogP) is 4.34. The molecule has 0 fully saturated rings. The van der Waals surface area contributed by atoms with E-state index in [1.54, 1.807) is 0 Å². The maximum atomic E-state index is 11.1. The molecule has 5 heteroatoms. The first-order chi connectivity index (χ1) is 13.5. The van der Waals surface area contributed by atoms with E-state index in [-0.39, 0.29) is 23.7 Å². The number of nitrogens with one attached hydrogen (secondary N) is 2. The second-order valence-electron chi connectivity index (χ2n) is 8.92. The first-order valence-electron chi connectivity index (χ1n) is 10.9. The lowest BCUT2D eigenvalue weighted by molar-refractivity contribution is -0.125. The summed E-state index contributed by atoms with van der Waals surface area (Å²) >= 11 is 0. The number of carbonyl (C=O) groups is 2. The van der Waals surface area contributed by atoms with Crippen molar-refractivity contribution in [1.82, 2.24) is 10.6 Å². The molecule has 0 saturated heterocycles. The van der Waals surface area contributed by atoms with Crippen molar-refractivity contribution in [1.29, 1.82) is 0 Å². The molecule has 29 heavy (non-hydrogen) atoms. The van der Waals surface area contributed by atoms with E-state index < -0.39 is 0 Å². The zero-order valence-corrected chi connectivity index (χ0v) is 19.8. The number of para-hydroxylation sites is 1. The largest absolute Gasteiger partial charge is 0.371 e. The molecular formula is C24H43N3O2. The average molecular weight is 406 g/mol. The van der Waals surface area contributed by atoms with Crippen LogP contribution in [0.25, 0.3) is 0 Å². The maximum Gasteiger partial charge on any atom is 0.222 e. The van der Waals surface area contributed by atoms with Crippen LogP contribution in [0.15, 0.2) is 30.3 Å². The lowest BCUT2D eigenvalue weighted by Crippen LogP contribution is -2.37. The van der Waals surface area contributed by atoms with Gasteiger partial charge in [0.25, 0.3) is 0 Å². The van der Waals surface area contributed by atoms with E-state index in [0.29, 0.717) is 24.9 Å². The second kappa shape index (κ2) is 14.9. The van der Waals surface area contributed by atoms with Crippen LogP contribution in [0.3, 0.4) is 0 Å². The normalized spacial score (nSPS) is 10.8. The van der Waals surface area contributed by atoms with Crippen LogP contribution < -0.4 is 15.5 Å². The Bertz CT molecular complexity index is 537. The molecule has 0 aliphatic rings. The van der Waals surface area contributed by atoms with Crippen molar-refractivity contribution in [3.63, 3.8) is 0 Å². The molecule has 2 N–H and O–H groups in total. The third-order valence-corrected chi connectivity index (χ3v) is 4.06. The Morgan fingerprint density at radius 2 is 1.10 bits per heavy atom. The summed E-state index contributed by atoms with van der Waals surface area (Å²) < 4.78 is 0. The van der Waals surface area contributed by atoms with Crippen molar-refractivity contribution in [3.05, 3.63) is 30.3 Å². The number of amides is 2. The standard InChI is InChI=1S/C14H23N.C10H20N2O2/c1-12(2)10-15(11-13(3)4)14-8-6-5-7-9-14;1-7(2)9(13)11-5-6-12-10(14)8(3)4/h5-9,12-13H,10-11H2,1-4H3;7-8H,5-6H2,1-4H3,(H,11,13)(H,12,14). The van der Waals surface area contributed by atoms with Gasteiger partial charge in [-0.3, -0.25) is 9.59 Å². The molecule has 2 amide bonds. The highest BCUT2D eigenvalue weighted by atomic mass is 16.2. The molecule has 1 rings (SSSR count). The lowest BCUT2D eigenvalue weighted by atomic mass is 10.1. The van der Waals surface area contributed by atoms with Crippen LogP contribution in [0.4, 0.5) is 5.69 Å². The third-order valence-electron chi connectivity index (χ3n) is 4.06. The van der Waals surface area contributed by atoms with Crippen LogP contribution in [-0.2, 0) is 9.59 Å². The Morgan fingerprint density at radius 3 is 1.41 bits per heavy atom. The lowest BCUT2D eigenvalue weighted by Gasteiger charge is -2.28. The molecule has 0 aromatic heterocycles. The third kappa shape index (κ3) is 13.7. The molecule has 166 valence electrons. The van der Waals surface area contributed by atoms with Crippen molar-refractivity contribution >= 4 is 17.5 Å². The summed E-state index contributed by atoms with van der Waals surface area (Å²) in [5.74, 6) is 1.45. The van der Waals surface area contributed by atoms with Crippen LogP contribution in [0.5, 0.6) is 0 Å². The zero-order chi connectivity index (χ0) is 22.4. The average Bonchev–Trinajstić information content (AvgIpc) is 2.64. The molecule has 0 bridgehead atoms. The van der Waals surface area contributed by atoms with Crippen LogP contribution in [0, 0.1) is 23.7 Å². The Morgan fingerprint density at radius 1 is 0.724 bits per heavy atom. The van der Waals surface area contributed by atoms with Gasteiger partial charge in [0.1, 0.15) is 0 Å². The van der Waals surface area contributed by atoms with Crippen LogP contribution >= 0.6 is 0 Å². The molecule has 1 aromatic carbocycles. The van der Waals surface area contributed by atoms with Gasteiger partial charge >= 0.3 is 0 Å². The van der Waals surface area contributed by atoms with Crippen LogP contribution in [-0.4, -0.2) is 38.0 Å². The summed E-state index contributed by atoms with van der Waals surface area (Å²) in [5.41, 5.74) is 1.35. The van der Waals surface area contributed by atoms with Gasteiger partial charge in [0.2, 0.25) is 11.8 Å². The van der Waals surface area contributed by atoms with E-state index in [4.69, 9.17) is 0 Å². The maximum absolute atomic E-state index is 11.1. The van der Waals surface area contributed by atoms with Gasteiger partial charge in [-0.25, -0.2) is 0 Å². The molecule has 0 spiro atoms. The molecule has 0 saturated carbocycles. The summed E-state index contributed by atoms with van der Waals surface area (Å²) in [6.45, 7) is 19.7. The minimum Gasteiger partial charge on any atom is -0.371 e. The number of hydrogen-bond acceptors (Lipinski definition) is 3. The smallest absolute Gasteiger partial charge is 0.222 e. The fourth-order valence-electron chi connectivity index (χ4n) is 2.59. The van der Waals surface area contributed by atoms with Crippen molar-refractivity contribution in [2.45, 2.75) is 55.4 Å². The van der Waals surface area contributed by atoms with Crippen LogP contribution in [0.1, 0.15) is 55.4 Å². The SMILES string of the molecule is CC(C)C(=O)NCCNC(=O)C(C)C.CC(C)CN(CC(C)C)c1ccccc1. The Balaban J connectivity index is 0.000000543. The highest BCUT2D eigenvalue weighted by Crippen LogP contribution is 2.16. The molecule has 0 aliphatic carbocycles.